The molecule has 0 saturated heterocycles. The number of nitrogens with one attached hydrogen (secondary N) is 1. The van der Waals surface area contributed by atoms with Crippen molar-refractivity contribution in [1.82, 2.24) is 10.2 Å². The molecule has 19 heavy (non-hydrogen) atoms. The van der Waals surface area contributed by atoms with Crippen LogP contribution >= 0.6 is 0 Å². The summed E-state index contributed by atoms with van der Waals surface area (Å²) in [6.45, 7) is 5.21. The van der Waals surface area contributed by atoms with E-state index in [0.29, 0.717) is 0 Å². The minimum atomic E-state index is 0.756. The van der Waals surface area contributed by atoms with Crippen LogP contribution in [0, 0.1) is 6.92 Å². The van der Waals surface area contributed by atoms with Crippen molar-refractivity contribution >= 4 is 0 Å². The lowest BCUT2D eigenvalue weighted by Gasteiger charge is -2.20. The molecule has 3 nitrogen and oxygen atoms in total. The number of nitrogens with zero attached hydrogens (tertiary/aromatic N) is 1. The van der Waals surface area contributed by atoms with E-state index in [2.05, 4.69) is 23.3 Å². The molecule has 0 amide bonds. The quantitative estimate of drug-likeness (QED) is 0.799. The smallest absolute Gasteiger partial charge is 0.105 e. The van der Waals surface area contributed by atoms with E-state index in [9.17, 15) is 0 Å². The average molecular weight is 264 g/mol. The zero-order valence-electron chi connectivity index (χ0n) is 12.5. The van der Waals surface area contributed by atoms with Crippen molar-refractivity contribution in [2.75, 3.05) is 20.1 Å². The normalized spacial score (nSPS) is 17.8. The molecule has 1 aromatic heterocycles. The lowest BCUT2D eigenvalue weighted by molar-refractivity contribution is 0.310. The predicted molar refractivity (Wildman–Crippen MR) is 79.3 cm³/mol. The van der Waals surface area contributed by atoms with Crippen molar-refractivity contribution in [3.8, 4) is 0 Å². The second-order valence-corrected chi connectivity index (χ2v) is 5.88. The fourth-order valence-corrected chi connectivity index (χ4v) is 2.89. The van der Waals surface area contributed by atoms with Gasteiger partial charge in [0.25, 0.3) is 0 Å². The van der Waals surface area contributed by atoms with Crippen molar-refractivity contribution in [2.45, 2.75) is 58.0 Å². The standard InChI is InChI=1S/C16H28N2O/c1-14-15(9-12-19-14)13-18(2)11-10-17-16-7-5-3-4-6-8-16/h9,12,16-17H,3-8,10-11,13H2,1-2H3. The van der Waals surface area contributed by atoms with Gasteiger partial charge in [0.1, 0.15) is 5.76 Å². The number of hydrogen-bond donors (Lipinski definition) is 1. The Morgan fingerprint density at radius 3 is 2.63 bits per heavy atom. The fourth-order valence-electron chi connectivity index (χ4n) is 2.89. The Labute approximate surface area is 117 Å². The van der Waals surface area contributed by atoms with Crippen LogP contribution in [0.2, 0.25) is 0 Å². The first kappa shape index (κ1) is 14.6. The zero-order valence-corrected chi connectivity index (χ0v) is 12.5. The summed E-state index contributed by atoms with van der Waals surface area (Å²) in [7, 11) is 2.18. The number of aryl methyl sites for hydroxylation is 1. The molecule has 1 aliphatic carbocycles. The molecular weight excluding hydrogens is 236 g/mol. The topological polar surface area (TPSA) is 28.4 Å². The largest absolute Gasteiger partial charge is 0.469 e. The van der Waals surface area contributed by atoms with Gasteiger partial charge in [0.15, 0.2) is 0 Å². The molecule has 1 fully saturated rings. The third-order valence-electron chi connectivity index (χ3n) is 4.19. The Kier molecular flexibility index (Phi) is 5.93. The Hall–Kier alpha value is -0.800. The van der Waals surface area contributed by atoms with Crippen molar-refractivity contribution < 1.29 is 4.42 Å². The Balaban J connectivity index is 1.63. The van der Waals surface area contributed by atoms with Gasteiger partial charge in [-0.1, -0.05) is 25.7 Å². The summed E-state index contributed by atoms with van der Waals surface area (Å²) in [5.74, 6) is 1.04. The highest BCUT2D eigenvalue weighted by molar-refractivity contribution is 5.14. The summed E-state index contributed by atoms with van der Waals surface area (Å²) in [4.78, 5) is 2.36. The van der Waals surface area contributed by atoms with Crippen LogP contribution in [-0.2, 0) is 6.54 Å². The summed E-state index contributed by atoms with van der Waals surface area (Å²) in [6, 6.07) is 2.83. The van der Waals surface area contributed by atoms with Crippen molar-refractivity contribution in [3.63, 3.8) is 0 Å². The monoisotopic (exact) mass is 264 g/mol. The van der Waals surface area contributed by atoms with E-state index in [1.165, 1.54) is 44.1 Å². The van der Waals surface area contributed by atoms with Crippen LogP contribution in [0.4, 0.5) is 0 Å². The maximum absolute atomic E-state index is 5.34. The molecule has 0 unspecified atom stereocenters. The molecule has 1 saturated carbocycles. The molecule has 1 N–H and O–H groups in total. The van der Waals surface area contributed by atoms with Crippen LogP contribution in [0.1, 0.15) is 49.8 Å². The van der Waals surface area contributed by atoms with E-state index in [1.807, 2.05) is 6.92 Å². The first-order chi connectivity index (χ1) is 9.25. The van der Waals surface area contributed by atoms with E-state index in [1.54, 1.807) is 6.26 Å². The molecule has 1 aliphatic rings. The molecule has 108 valence electrons. The van der Waals surface area contributed by atoms with Gasteiger partial charge in [-0.25, -0.2) is 0 Å². The lowest BCUT2D eigenvalue weighted by atomic mass is 10.1. The van der Waals surface area contributed by atoms with Gasteiger partial charge in [0, 0.05) is 31.2 Å². The first-order valence-corrected chi connectivity index (χ1v) is 7.70. The predicted octanol–water partition coefficient (Wildman–Crippen LogP) is 3.33. The zero-order chi connectivity index (χ0) is 13.5. The van der Waals surface area contributed by atoms with Crippen molar-refractivity contribution in [2.24, 2.45) is 0 Å². The highest BCUT2D eigenvalue weighted by atomic mass is 16.3. The van der Waals surface area contributed by atoms with E-state index in [0.717, 1.165) is 31.4 Å². The summed E-state index contributed by atoms with van der Waals surface area (Å²) in [6.07, 6.45) is 10.2. The molecule has 1 heterocycles. The van der Waals surface area contributed by atoms with Crippen LogP contribution in [0.5, 0.6) is 0 Å². The van der Waals surface area contributed by atoms with Crippen molar-refractivity contribution in [3.05, 3.63) is 23.7 Å². The van der Waals surface area contributed by atoms with Gasteiger partial charge < -0.3 is 14.6 Å². The molecule has 0 bridgehead atoms. The maximum Gasteiger partial charge on any atom is 0.105 e. The van der Waals surface area contributed by atoms with Crippen LogP contribution in [-0.4, -0.2) is 31.1 Å². The number of hydrogen-bond acceptors (Lipinski definition) is 3. The average Bonchev–Trinajstić information content (AvgIpc) is 2.66. The molecule has 0 atom stereocenters. The third-order valence-corrected chi connectivity index (χ3v) is 4.19. The Morgan fingerprint density at radius 1 is 1.26 bits per heavy atom. The molecule has 1 aromatic rings. The fraction of sp³-hybridized carbons (Fsp3) is 0.750. The van der Waals surface area contributed by atoms with Gasteiger partial charge in [0.2, 0.25) is 0 Å². The molecular formula is C16H28N2O. The van der Waals surface area contributed by atoms with E-state index < -0.39 is 0 Å². The van der Waals surface area contributed by atoms with Gasteiger partial charge in [-0.05, 0) is 32.9 Å². The molecule has 2 rings (SSSR count). The second-order valence-electron chi connectivity index (χ2n) is 5.88. The van der Waals surface area contributed by atoms with Gasteiger partial charge in [0.05, 0.1) is 6.26 Å². The summed E-state index contributed by atoms with van der Waals surface area (Å²) < 4.78 is 5.34. The van der Waals surface area contributed by atoms with E-state index in [-0.39, 0.29) is 0 Å². The molecule has 0 aliphatic heterocycles. The number of furan rings is 1. The van der Waals surface area contributed by atoms with Gasteiger partial charge >= 0.3 is 0 Å². The van der Waals surface area contributed by atoms with Gasteiger partial charge in [-0.3, -0.25) is 0 Å². The summed E-state index contributed by atoms with van der Waals surface area (Å²) >= 11 is 0. The van der Waals surface area contributed by atoms with Gasteiger partial charge in [-0.15, -0.1) is 0 Å². The van der Waals surface area contributed by atoms with Crippen molar-refractivity contribution in [1.29, 1.82) is 0 Å². The number of likely N-dealkylation sites (N-methyl/N-ethyl adjacent to an activating group) is 1. The molecule has 3 heteroatoms. The summed E-state index contributed by atoms with van der Waals surface area (Å²) in [5.41, 5.74) is 1.30. The first-order valence-electron chi connectivity index (χ1n) is 7.70. The highest BCUT2D eigenvalue weighted by Crippen LogP contribution is 2.17. The Bertz CT molecular complexity index is 353. The minimum absolute atomic E-state index is 0.756. The van der Waals surface area contributed by atoms with E-state index >= 15 is 0 Å². The van der Waals surface area contributed by atoms with Gasteiger partial charge in [-0.2, -0.15) is 0 Å². The highest BCUT2D eigenvalue weighted by Gasteiger charge is 2.11. The lowest BCUT2D eigenvalue weighted by Crippen LogP contribution is -2.35. The Morgan fingerprint density at radius 2 is 2.00 bits per heavy atom. The third kappa shape index (κ3) is 5.00. The molecule has 0 radical (unpaired) electrons. The van der Waals surface area contributed by atoms with E-state index in [4.69, 9.17) is 4.42 Å². The minimum Gasteiger partial charge on any atom is -0.469 e. The second kappa shape index (κ2) is 7.71. The van der Waals surface area contributed by atoms with Crippen LogP contribution in [0.15, 0.2) is 16.7 Å². The van der Waals surface area contributed by atoms with Crippen LogP contribution in [0.25, 0.3) is 0 Å². The maximum atomic E-state index is 5.34. The summed E-state index contributed by atoms with van der Waals surface area (Å²) in [5, 5.41) is 3.72. The number of rotatable bonds is 6. The SMILES string of the molecule is Cc1occc1CN(C)CCNC1CCCCCC1. The van der Waals surface area contributed by atoms with Crippen LogP contribution in [0.3, 0.4) is 0 Å². The van der Waals surface area contributed by atoms with Crippen LogP contribution < -0.4 is 5.32 Å². The molecule has 0 spiro atoms. The molecule has 0 aromatic carbocycles.